The summed E-state index contributed by atoms with van der Waals surface area (Å²) in [5.74, 6) is 0.546. The van der Waals surface area contributed by atoms with Gasteiger partial charge in [-0.25, -0.2) is 9.78 Å². The van der Waals surface area contributed by atoms with Crippen molar-refractivity contribution in [1.82, 2.24) is 9.97 Å². The molecule has 1 aromatic heterocycles. The second-order valence-corrected chi connectivity index (χ2v) is 3.49. The number of rotatable bonds is 0. The van der Waals surface area contributed by atoms with Crippen LogP contribution in [0.15, 0.2) is 35.3 Å². The Hall–Kier alpha value is -2.14. The van der Waals surface area contributed by atoms with Crippen LogP contribution in [0.5, 0.6) is 5.75 Å². The van der Waals surface area contributed by atoms with Crippen LogP contribution in [0, 0.1) is 0 Å². The summed E-state index contributed by atoms with van der Waals surface area (Å²) in [6.45, 7) is 0. The van der Waals surface area contributed by atoms with E-state index >= 15 is 0 Å². The van der Waals surface area contributed by atoms with Gasteiger partial charge in [-0.1, -0.05) is 12.1 Å². The Kier molecular flexibility index (Phi) is 1.81. The van der Waals surface area contributed by atoms with E-state index in [0.29, 0.717) is 17.0 Å². The van der Waals surface area contributed by atoms with E-state index in [4.69, 9.17) is 4.74 Å². The maximum Gasteiger partial charge on any atom is 0.345 e. The number of aliphatic hydroxyl groups is 1. The van der Waals surface area contributed by atoms with Gasteiger partial charge in [0, 0.05) is 11.8 Å². The van der Waals surface area contributed by atoms with Crippen molar-refractivity contribution >= 4 is 0 Å². The van der Waals surface area contributed by atoms with Crippen molar-refractivity contribution < 1.29 is 9.84 Å². The van der Waals surface area contributed by atoms with Crippen LogP contribution >= 0.6 is 0 Å². The summed E-state index contributed by atoms with van der Waals surface area (Å²) in [5.41, 5.74) is 1.35. The summed E-state index contributed by atoms with van der Waals surface area (Å²) < 4.78 is 5.29. The van der Waals surface area contributed by atoms with E-state index in [1.165, 1.54) is 6.20 Å². The van der Waals surface area contributed by atoms with Crippen LogP contribution < -0.4 is 10.4 Å². The van der Waals surface area contributed by atoms with Crippen molar-refractivity contribution in [3.05, 3.63) is 46.5 Å². The molecule has 1 atom stereocenters. The van der Waals surface area contributed by atoms with Crippen LogP contribution in [0.25, 0.3) is 11.3 Å². The average molecular weight is 216 g/mol. The number of fused-ring (bicyclic) bond motifs is 3. The van der Waals surface area contributed by atoms with Crippen LogP contribution in [0.3, 0.4) is 0 Å². The van der Waals surface area contributed by atoms with Gasteiger partial charge in [0.25, 0.3) is 0 Å². The van der Waals surface area contributed by atoms with Crippen LogP contribution in [0.1, 0.15) is 11.9 Å². The van der Waals surface area contributed by atoms with Crippen molar-refractivity contribution in [2.45, 2.75) is 6.29 Å². The number of hydrogen-bond acceptors (Lipinski definition) is 4. The summed E-state index contributed by atoms with van der Waals surface area (Å²) in [5, 5.41) is 9.71. The number of benzene rings is 1. The van der Waals surface area contributed by atoms with Gasteiger partial charge < -0.3 is 14.8 Å². The molecular formula is C11H8N2O3. The van der Waals surface area contributed by atoms with E-state index in [1.807, 2.05) is 12.1 Å². The monoisotopic (exact) mass is 216 g/mol. The van der Waals surface area contributed by atoms with Gasteiger partial charge in [0.1, 0.15) is 5.75 Å². The first-order valence-electron chi connectivity index (χ1n) is 4.79. The molecule has 0 spiro atoms. The third-order valence-electron chi connectivity index (χ3n) is 2.50. The standard InChI is InChI=1S/C11H8N2O3/c14-10-7-5-12-11(15)13-9(7)6-3-1-2-4-8(6)16-10/h1-5,10,14H,(H,12,13,15). The number of aliphatic hydroxyl groups excluding tert-OH is 1. The highest BCUT2D eigenvalue weighted by Gasteiger charge is 2.24. The SMILES string of the molecule is O=c1ncc2c([nH]1)-c1ccccc1OC2O. The molecule has 1 aliphatic heterocycles. The molecule has 0 saturated heterocycles. The fourth-order valence-electron chi connectivity index (χ4n) is 1.77. The van der Waals surface area contributed by atoms with Gasteiger partial charge in [-0.15, -0.1) is 0 Å². The number of aromatic nitrogens is 2. The van der Waals surface area contributed by atoms with E-state index in [9.17, 15) is 9.90 Å². The van der Waals surface area contributed by atoms with Gasteiger partial charge in [0.15, 0.2) is 0 Å². The number of H-pyrrole nitrogens is 1. The lowest BCUT2D eigenvalue weighted by Gasteiger charge is -2.23. The average Bonchev–Trinajstić information content (AvgIpc) is 2.29. The molecule has 0 fully saturated rings. The zero-order chi connectivity index (χ0) is 11.1. The second-order valence-electron chi connectivity index (χ2n) is 3.49. The lowest BCUT2D eigenvalue weighted by Crippen LogP contribution is -2.20. The summed E-state index contributed by atoms with van der Waals surface area (Å²) >= 11 is 0. The minimum Gasteiger partial charge on any atom is -0.460 e. The second kappa shape index (κ2) is 3.18. The zero-order valence-corrected chi connectivity index (χ0v) is 8.18. The molecule has 1 aromatic carbocycles. The predicted octanol–water partition coefficient (Wildman–Crippen LogP) is 0.820. The van der Waals surface area contributed by atoms with E-state index < -0.39 is 12.0 Å². The number of nitrogens with zero attached hydrogens (tertiary/aromatic N) is 1. The fourth-order valence-corrected chi connectivity index (χ4v) is 1.77. The molecule has 5 heteroatoms. The molecule has 5 nitrogen and oxygen atoms in total. The van der Waals surface area contributed by atoms with Crippen molar-refractivity contribution in [2.75, 3.05) is 0 Å². The third kappa shape index (κ3) is 1.22. The minimum atomic E-state index is -1.09. The van der Waals surface area contributed by atoms with E-state index in [0.717, 1.165) is 5.56 Å². The highest BCUT2D eigenvalue weighted by molar-refractivity contribution is 5.71. The van der Waals surface area contributed by atoms with Gasteiger partial charge in [-0.2, -0.15) is 0 Å². The van der Waals surface area contributed by atoms with Crippen LogP contribution in [-0.4, -0.2) is 15.1 Å². The highest BCUT2D eigenvalue weighted by Crippen LogP contribution is 2.38. The molecule has 0 saturated carbocycles. The molecule has 2 N–H and O–H groups in total. The number of nitrogens with one attached hydrogen (secondary N) is 1. The minimum absolute atomic E-state index is 0.442. The lowest BCUT2D eigenvalue weighted by atomic mass is 10.0. The van der Waals surface area contributed by atoms with E-state index in [1.54, 1.807) is 12.1 Å². The van der Waals surface area contributed by atoms with Crippen molar-refractivity contribution in [3.8, 4) is 17.0 Å². The first-order chi connectivity index (χ1) is 7.75. The summed E-state index contributed by atoms with van der Waals surface area (Å²) in [6.07, 6.45) is 0.239. The molecule has 3 rings (SSSR count). The number of para-hydroxylation sites is 1. The number of hydrogen-bond donors (Lipinski definition) is 2. The van der Waals surface area contributed by atoms with E-state index in [2.05, 4.69) is 9.97 Å². The smallest absolute Gasteiger partial charge is 0.345 e. The Balaban J connectivity index is 2.34. The summed E-state index contributed by atoms with van der Waals surface area (Å²) in [7, 11) is 0. The van der Waals surface area contributed by atoms with Crippen LogP contribution in [0.2, 0.25) is 0 Å². The quantitative estimate of drug-likeness (QED) is 0.683. The van der Waals surface area contributed by atoms with Crippen LogP contribution in [-0.2, 0) is 0 Å². The Labute approximate surface area is 90.4 Å². The molecule has 1 unspecified atom stereocenters. The number of ether oxygens (including phenoxy) is 1. The first-order valence-corrected chi connectivity index (χ1v) is 4.79. The number of aromatic amines is 1. The topological polar surface area (TPSA) is 75.2 Å². The predicted molar refractivity (Wildman–Crippen MR) is 55.9 cm³/mol. The molecule has 0 radical (unpaired) electrons. The molecule has 80 valence electrons. The van der Waals surface area contributed by atoms with Crippen molar-refractivity contribution in [3.63, 3.8) is 0 Å². The molecule has 2 aromatic rings. The highest BCUT2D eigenvalue weighted by atomic mass is 16.6. The maximum absolute atomic E-state index is 11.2. The van der Waals surface area contributed by atoms with E-state index in [-0.39, 0.29) is 0 Å². The molecule has 0 bridgehead atoms. The Morgan fingerprint density at radius 3 is 3.06 bits per heavy atom. The van der Waals surface area contributed by atoms with Gasteiger partial charge in [0.2, 0.25) is 6.29 Å². The molecule has 0 amide bonds. The molecular weight excluding hydrogens is 208 g/mol. The largest absolute Gasteiger partial charge is 0.460 e. The van der Waals surface area contributed by atoms with Crippen molar-refractivity contribution in [1.29, 1.82) is 0 Å². The first kappa shape index (κ1) is 9.11. The molecule has 16 heavy (non-hydrogen) atoms. The van der Waals surface area contributed by atoms with Gasteiger partial charge >= 0.3 is 5.69 Å². The summed E-state index contributed by atoms with van der Waals surface area (Å²) in [4.78, 5) is 17.3. The Morgan fingerprint density at radius 1 is 1.38 bits per heavy atom. The maximum atomic E-state index is 11.2. The third-order valence-corrected chi connectivity index (χ3v) is 2.50. The molecule has 0 aliphatic carbocycles. The Bertz CT molecular complexity index is 606. The zero-order valence-electron chi connectivity index (χ0n) is 8.18. The van der Waals surface area contributed by atoms with Gasteiger partial charge in [0.05, 0.1) is 11.3 Å². The normalized spacial score (nSPS) is 17.2. The Morgan fingerprint density at radius 2 is 2.19 bits per heavy atom. The molecule has 1 aliphatic rings. The lowest BCUT2D eigenvalue weighted by molar-refractivity contribution is -0.0219. The van der Waals surface area contributed by atoms with Gasteiger partial charge in [-0.05, 0) is 12.1 Å². The summed E-state index contributed by atoms with van der Waals surface area (Å²) in [6, 6.07) is 7.19. The van der Waals surface area contributed by atoms with Crippen molar-refractivity contribution in [2.24, 2.45) is 0 Å². The molecule has 2 heterocycles. The van der Waals surface area contributed by atoms with Gasteiger partial charge in [-0.3, -0.25) is 0 Å². The fraction of sp³-hybridized carbons (Fsp3) is 0.0909. The van der Waals surface area contributed by atoms with Crippen LogP contribution in [0.4, 0.5) is 0 Å².